The van der Waals surface area contributed by atoms with Crippen LogP contribution in [0.15, 0.2) is 11.4 Å². The topological polar surface area (TPSA) is 32.3 Å². The number of rotatable bonds is 4. The molecule has 1 amide bonds. The summed E-state index contributed by atoms with van der Waals surface area (Å²) >= 11 is 7.51. The van der Waals surface area contributed by atoms with Gasteiger partial charge in [-0.3, -0.25) is 4.79 Å². The van der Waals surface area contributed by atoms with Crippen molar-refractivity contribution in [3.8, 4) is 0 Å². The largest absolute Gasteiger partial charge is 0.335 e. The van der Waals surface area contributed by atoms with E-state index in [9.17, 15) is 4.79 Å². The zero-order valence-corrected chi connectivity index (χ0v) is 13.4. The van der Waals surface area contributed by atoms with Crippen LogP contribution in [0, 0.1) is 0 Å². The average Bonchev–Trinajstić information content (AvgIpc) is 2.82. The molecule has 1 aromatic heterocycles. The number of carbonyl (C=O) groups excluding carboxylic acids is 1. The second-order valence-corrected chi connectivity index (χ2v) is 5.90. The minimum absolute atomic E-state index is 0. The van der Waals surface area contributed by atoms with Crippen molar-refractivity contribution in [3.63, 3.8) is 0 Å². The molecule has 0 bridgehead atoms. The molecule has 0 radical (unpaired) electrons. The molecule has 1 aromatic rings. The summed E-state index contributed by atoms with van der Waals surface area (Å²) in [6.07, 6.45) is 3.06. The van der Waals surface area contributed by atoms with Crippen molar-refractivity contribution in [1.29, 1.82) is 0 Å². The molecular formula is C13H20Cl2N2OS. The van der Waals surface area contributed by atoms with Gasteiger partial charge in [-0.1, -0.05) is 18.5 Å². The van der Waals surface area contributed by atoms with E-state index in [-0.39, 0.29) is 18.3 Å². The summed E-state index contributed by atoms with van der Waals surface area (Å²) in [6, 6.07) is 2.16. The highest BCUT2D eigenvalue weighted by atomic mass is 35.5. The van der Waals surface area contributed by atoms with E-state index in [1.807, 2.05) is 10.3 Å². The lowest BCUT2D eigenvalue weighted by molar-refractivity contribution is 0.0648. The summed E-state index contributed by atoms with van der Waals surface area (Å²) in [6.45, 7) is 4.92. The molecule has 0 spiro atoms. The molecule has 0 atom stereocenters. The number of halogens is 2. The van der Waals surface area contributed by atoms with Gasteiger partial charge in [-0.2, -0.15) is 0 Å². The second kappa shape index (κ2) is 8.10. The second-order valence-electron chi connectivity index (χ2n) is 4.58. The Kier molecular flexibility index (Phi) is 7.15. The molecule has 19 heavy (non-hydrogen) atoms. The van der Waals surface area contributed by atoms with E-state index in [2.05, 4.69) is 12.2 Å². The van der Waals surface area contributed by atoms with Gasteiger partial charge < -0.3 is 10.2 Å². The number of carbonyl (C=O) groups is 1. The standard InChI is InChI=1S/C13H19ClN2OS.ClH/c1-2-8-16(10-3-6-15-7-4-10)13(17)12-11(14)5-9-18-12;/h5,9-10,15H,2-4,6-8H2,1H3;1H. The van der Waals surface area contributed by atoms with Crippen LogP contribution in [0.1, 0.15) is 35.9 Å². The highest BCUT2D eigenvalue weighted by Crippen LogP contribution is 2.26. The molecule has 0 unspecified atom stereocenters. The smallest absolute Gasteiger partial charge is 0.265 e. The summed E-state index contributed by atoms with van der Waals surface area (Å²) in [5.74, 6) is 0.101. The van der Waals surface area contributed by atoms with Crippen molar-refractivity contribution >= 4 is 41.3 Å². The normalized spacial score (nSPS) is 15.9. The van der Waals surface area contributed by atoms with Gasteiger partial charge >= 0.3 is 0 Å². The van der Waals surface area contributed by atoms with Gasteiger partial charge in [0.05, 0.1) is 5.02 Å². The third-order valence-corrected chi connectivity index (χ3v) is 4.62. The Morgan fingerprint density at radius 2 is 2.21 bits per heavy atom. The molecule has 108 valence electrons. The number of thiophene rings is 1. The Hall–Kier alpha value is -0.290. The van der Waals surface area contributed by atoms with Crippen molar-refractivity contribution in [1.82, 2.24) is 10.2 Å². The molecule has 1 aliphatic heterocycles. The predicted molar refractivity (Wildman–Crippen MR) is 83.8 cm³/mol. The van der Waals surface area contributed by atoms with Crippen molar-refractivity contribution in [3.05, 3.63) is 21.3 Å². The van der Waals surface area contributed by atoms with Gasteiger partial charge in [-0.15, -0.1) is 23.7 Å². The van der Waals surface area contributed by atoms with E-state index in [4.69, 9.17) is 11.6 Å². The maximum atomic E-state index is 12.5. The highest BCUT2D eigenvalue weighted by molar-refractivity contribution is 7.12. The number of nitrogens with zero attached hydrogens (tertiary/aromatic N) is 1. The van der Waals surface area contributed by atoms with Crippen LogP contribution in [0.25, 0.3) is 0 Å². The van der Waals surface area contributed by atoms with E-state index >= 15 is 0 Å². The molecule has 1 fully saturated rings. The zero-order chi connectivity index (χ0) is 13.0. The molecule has 2 heterocycles. The zero-order valence-electron chi connectivity index (χ0n) is 11.0. The van der Waals surface area contributed by atoms with Gasteiger partial charge in [0.2, 0.25) is 0 Å². The van der Waals surface area contributed by atoms with Crippen LogP contribution in [0.5, 0.6) is 0 Å². The monoisotopic (exact) mass is 322 g/mol. The van der Waals surface area contributed by atoms with Gasteiger partial charge in [-0.25, -0.2) is 0 Å². The van der Waals surface area contributed by atoms with E-state index in [0.717, 1.165) is 38.9 Å². The first-order chi connectivity index (χ1) is 8.74. The quantitative estimate of drug-likeness (QED) is 0.921. The Labute approximate surface area is 129 Å². The molecule has 3 nitrogen and oxygen atoms in total. The Morgan fingerprint density at radius 1 is 1.53 bits per heavy atom. The third kappa shape index (κ3) is 4.09. The maximum absolute atomic E-state index is 12.5. The molecule has 0 aliphatic carbocycles. The minimum Gasteiger partial charge on any atom is -0.335 e. The highest BCUT2D eigenvalue weighted by Gasteiger charge is 2.27. The lowest BCUT2D eigenvalue weighted by atomic mass is 10.0. The van der Waals surface area contributed by atoms with E-state index in [0.29, 0.717) is 15.9 Å². The van der Waals surface area contributed by atoms with Crippen LogP contribution in [0.3, 0.4) is 0 Å². The van der Waals surface area contributed by atoms with E-state index < -0.39 is 0 Å². The number of hydrogen-bond acceptors (Lipinski definition) is 3. The molecule has 1 aliphatic rings. The SMILES string of the molecule is CCCN(C(=O)c1sccc1Cl)C1CCNCC1.Cl. The first-order valence-electron chi connectivity index (χ1n) is 6.48. The van der Waals surface area contributed by atoms with Crippen LogP contribution in [0.4, 0.5) is 0 Å². The fraction of sp³-hybridized carbons (Fsp3) is 0.615. The average molecular weight is 323 g/mol. The molecule has 1 saturated heterocycles. The molecule has 6 heteroatoms. The van der Waals surface area contributed by atoms with Crippen molar-refractivity contribution < 1.29 is 4.79 Å². The predicted octanol–water partition coefficient (Wildman–Crippen LogP) is 3.43. The summed E-state index contributed by atoms with van der Waals surface area (Å²) in [4.78, 5) is 15.2. The van der Waals surface area contributed by atoms with Gasteiger partial charge in [0.1, 0.15) is 4.88 Å². The Morgan fingerprint density at radius 3 is 2.74 bits per heavy atom. The fourth-order valence-electron chi connectivity index (χ4n) is 2.39. The summed E-state index contributed by atoms with van der Waals surface area (Å²) in [5.41, 5.74) is 0. The first-order valence-corrected chi connectivity index (χ1v) is 7.74. The number of amides is 1. The number of piperidine rings is 1. The van der Waals surface area contributed by atoms with Gasteiger partial charge in [0.15, 0.2) is 0 Å². The molecule has 1 N–H and O–H groups in total. The molecular weight excluding hydrogens is 303 g/mol. The number of hydrogen-bond donors (Lipinski definition) is 1. The van der Waals surface area contributed by atoms with Crippen LogP contribution in [-0.2, 0) is 0 Å². The summed E-state index contributed by atoms with van der Waals surface area (Å²) in [5, 5.41) is 5.80. The van der Waals surface area contributed by atoms with Crippen LogP contribution >= 0.6 is 35.3 Å². The minimum atomic E-state index is 0. The van der Waals surface area contributed by atoms with E-state index in [1.165, 1.54) is 11.3 Å². The Balaban J connectivity index is 0.00000180. The van der Waals surface area contributed by atoms with Crippen LogP contribution < -0.4 is 5.32 Å². The van der Waals surface area contributed by atoms with Crippen molar-refractivity contribution in [2.45, 2.75) is 32.2 Å². The maximum Gasteiger partial charge on any atom is 0.265 e. The molecule has 0 saturated carbocycles. The van der Waals surface area contributed by atoms with Crippen molar-refractivity contribution in [2.24, 2.45) is 0 Å². The van der Waals surface area contributed by atoms with Gasteiger partial charge in [0.25, 0.3) is 5.91 Å². The lowest BCUT2D eigenvalue weighted by Gasteiger charge is -2.34. The van der Waals surface area contributed by atoms with Gasteiger partial charge in [-0.05, 0) is 43.8 Å². The lowest BCUT2D eigenvalue weighted by Crippen LogP contribution is -2.46. The third-order valence-electron chi connectivity index (χ3n) is 3.29. The Bertz CT molecular complexity index is 405. The van der Waals surface area contributed by atoms with Gasteiger partial charge in [0, 0.05) is 12.6 Å². The summed E-state index contributed by atoms with van der Waals surface area (Å²) in [7, 11) is 0. The van der Waals surface area contributed by atoms with Crippen molar-refractivity contribution in [2.75, 3.05) is 19.6 Å². The fourth-order valence-corrected chi connectivity index (χ4v) is 3.48. The summed E-state index contributed by atoms with van der Waals surface area (Å²) < 4.78 is 0. The first kappa shape index (κ1) is 16.8. The molecule has 2 rings (SSSR count). The van der Waals surface area contributed by atoms with Crippen LogP contribution in [-0.4, -0.2) is 36.5 Å². The molecule has 0 aromatic carbocycles. The van der Waals surface area contributed by atoms with E-state index in [1.54, 1.807) is 6.07 Å². The van der Waals surface area contributed by atoms with Crippen LogP contribution in [0.2, 0.25) is 5.02 Å². The number of nitrogens with one attached hydrogen (secondary N) is 1.